The van der Waals surface area contributed by atoms with E-state index in [1.165, 1.54) is 13.8 Å². The SMILES string of the molecule is C=CN=C(/C(=C(\C)OC)c1ncc(/C=C(C=O)/C=C/C)c(N(C)Cc2ccc(-n3nc(C(C)(C)F)cc3C)cc2)n1)C1CC1. The Labute approximate surface area is 259 Å². The van der Waals surface area contributed by atoms with Gasteiger partial charge in [-0.05, 0) is 77.3 Å². The molecule has 1 saturated carbocycles. The van der Waals surface area contributed by atoms with Gasteiger partial charge < -0.3 is 9.64 Å². The Kier molecular flexibility index (Phi) is 10.1. The van der Waals surface area contributed by atoms with E-state index >= 15 is 0 Å². The van der Waals surface area contributed by atoms with Crippen molar-refractivity contribution in [2.75, 3.05) is 19.1 Å². The van der Waals surface area contributed by atoms with Gasteiger partial charge in [-0.25, -0.2) is 19.0 Å². The number of aliphatic imine (C=N–C) groups is 1. The summed E-state index contributed by atoms with van der Waals surface area (Å²) in [5, 5.41) is 4.49. The van der Waals surface area contributed by atoms with Crippen LogP contribution >= 0.6 is 0 Å². The molecule has 3 aromatic rings. The van der Waals surface area contributed by atoms with E-state index in [4.69, 9.17) is 14.7 Å². The lowest BCUT2D eigenvalue weighted by Crippen LogP contribution is -2.21. The van der Waals surface area contributed by atoms with Crippen molar-refractivity contribution in [2.45, 2.75) is 59.7 Å². The zero-order valence-electron chi connectivity index (χ0n) is 26.6. The van der Waals surface area contributed by atoms with Crippen molar-refractivity contribution < 1.29 is 13.9 Å². The second-order valence-electron chi connectivity index (χ2n) is 11.4. The van der Waals surface area contributed by atoms with Gasteiger partial charge in [-0.15, -0.1) is 0 Å². The Bertz CT molecular complexity index is 1640. The van der Waals surface area contributed by atoms with Crippen molar-refractivity contribution in [1.29, 1.82) is 0 Å². The predicted molar refractivity (Wildman–Crippen MR) is 175 cm³/mol. The summed E-state index contributed by atoms with van der Waals surface area (Å²) in [6, 6.07) is 9.75. The summed E-state index contributed by atoms with van der Waals surface area (Å²) in [5.41, 5.74) is 4.42. The molecular formula is C35H41FN6O2. The van der Waals surface area contributed by atoms with E-state index in [-0.39, 0.29) is 0 Å². The molecule has 0 unspecified atom stereocenters. The maximum Gasteiger partial charge on any atom is 0.166 e. The smallest absolute Gasteiger partial charge is 0.166 e. The number of hydrogen-bond acceptors (Lipinski definition) is 7. The summed E-state index contributed by atoms with van der Waals surface area (Å²) < 4.78 is 21.9. The third-order valence-corrected chi connectivity index (χ3v) is 7.40. The number of benzene rings is 1. The molecule has 44 heavy (non-hydrogen) atoms. The normalized spacial score (nSPS) is 14.9. The van der Waals surface area contributed by atoms with Crippen LogP contribution < -0.4 is 4.90 Å². The van der Waals surface area contributed by atoms with Crippen LogP contribution in [0.25, 0.3) is 17.3 Å². The minimum absolute atomic E-state index is 0.304. The molecule has 1 fully saturated rings. The number of anilines is 1. The number of rotatable bonds is 13. The van der Waals surface area contributed by atoms with Gasteiger partial charge in [0, 0.05) is 48.7 Å². The maximum atomic E-state index is 14.5. The molecule has 0 aliphatic heterocycles. The molecule has 1 aromatic carbocycles. The number of ether oxygens (including phenoxy) is 1. The molecule has 0 amide bonds. The minimum atomic E-state index is -1.52. The van der Waals surface area contributed by atoms with Crippen LogP contribution in [0, 0.1) is 12.8 Å². The molecule has 4 rings (SSSR count). The number of aromatic nitrogens is 4. The van der Waals surface area contributed by atoms with Gasteiger partial charge in [0.2, 0.25) is 0 Å². The molecule has 0 N–H and O–H groups in total. The molecule has 2 aromatic heterocycles. The van der Waals surface area contributed by atoms with Crippen molar-refractivity contribution in [3.05, 3.63) is 101 Å². The Morgan fingerprint density at radius 3 is 2.52 bits per heavy atom. The van der Waals surface area contributed by atoms with Crippen molar-refractivity contribution in [2.24, 2.45) is 10.9 Å². The monoisotopic (exact) mass is 596 g/mol. The van der Waals surface area contributed by atoms with Gasteiger partial charge in [-0.3, -0.25) is 9.79 Å². The molecule has 8 nitrogen and oxygen atoms in total. The predicted octanol–water partition coefficient (Wildman–Crippen LogP) is 7.34. The second kappa shape index (κ2) is 13.8. The highest BCUT2D eigenvalue weighted by Gasteiger charge is 2.33. The molecule has 0 atom stereocenters. The quantitative estimate of drug-likeness (QED) is 0.0675. The zero-order chi connectivity index (χ0) is 32.0. The highest BCUT2D eigenvalue weighted by molar-refractivity contribution is 6.25. The maximum absolute atomic E-state index is 14.5. The Morgan fingerprint density at radius 1 is 1.27 bits per heavy atom. The fraction of sp³-hybridized carbons (Fsp3) is 0.343. The van der Waals surface area contributed by atoms with E-state index in [1.807, 2.05) is 63.1 Å². The molecule has 0 spiro atoms. The summed E-state index contributed by atoms with van der Waals surface area (Å²) >= 11 is 0. The van der Waals surface area contributed by atoms with Gasteiger partial charge in [0.15, 0.2) is 5.82 Å². The van der Waals surface area contributed by atoms with Crippen LogP contribution in [0.5, 0.6) is 0 Å². The van der Waals surface area contributed by atoms with E-state index in [1.54, 1.807) is 42.4 Å². The largest absolute Gasteiger partial charge is 0.501 e. The van der Waals surface area contributed by atoms with Crippen molar-refractivity contribution in [3.8, 4) is 5.69 Å². The Morgan fingerprint density at radius 2 is 1.98 bits per heavy atom. The van der Waals surface area contributed by atoms with Crippen molar-refractivity contribution in [3.63, 3.8) is 0 Å². The fourth-order valence-corrected chi connectivity index (χ4v) is 4.90. The first-order valence-electron chi connectivity index (χ1n) is 14.7. The van der Waals surface area contributed by atoms with Crippen molar-refractivity contribution >= 4 is 29.5 Å². The summed E-state index contributed by atoms with van der Waals surface area (Å²) in [6.45, 7) is 13.0. The van der Waals surface area contributed by atoms with E-state index in [9.17, 15) is 9.18 Å². The average molecular weight is 597 g/mol. The number of aryl methyl sites for hydroxylation is 1. The topological polar surface area (TPSA) is 85.5 Å². The third-order valence-electron chi connectivity index (χ3n) is 7.40. The summed E-state index contributed by atoms with van der Waals surface area (Å²) in [7, 11) is 3.58. The molecular weight excluding hydrogens is 555 g/mol. The standard InChI is InChI=1S/C35H41FN6O2/c1-9-11-26(22-43)19-28-20-38-33(31(24(4)44-8)32(37-10-2)27-14-15-27)39-34(28)41(7)21-25-12-16-29(17-13-25)42-23(3)18-30(40-42)35(5,6)36/h9-13,16-20,22,27H,2,14-15,21H2,1,3-8H3/b11-9+,26-19-,31-24-,37-32?. The molecule has 230 valence electrons. The van der Waals surface area contributed by atoms with Crippen molar-refractivity contribution in [1.82, 2.24) is 19.7 Å². The number of halogens is 1. The van der Waals surface area contributed by atoms with Crippen LogP contribution in [0.4, 0.5) is 10.2 Å². The molecule has 2 heterocycles. The summed E-state index contributed by atoms with van der Waals surface area (Å²) in [4.78, 5) is 28.2. The van der Waals surface area contributed by atoms with Crippen LogP contribution in [0.2, 0.25) is 0 Å². The lowest BCUT2D eigenvalue weighted by Gasteiger charge is -2.22. The van der Waals surface area contributed by atoms with Gasteiger partial charge in [0.25, 0.3) is 0 Å². The number of methoxy groups -OCH3 is 1. The van der Waals surface area contributed by atoms with Gasteiger partial charge in [0.1, 0.15) is 23.5 Å². The third kappa shape index (κ3) is 7.45. The van der Waals surface area contributed by atoms with Crippen LogP contribution in [0.1, 0.15) is 68.9 Å². The first-order valence-corrected chi connectivity index (χ1v) is 14.7. The number of alkyl halides is 1. The number of nitrogens with zero attached hydrogens (tertiary/aromatic N) is 6. The van der Waals surface area contributed by atoms with Gasteiger partial charge >= 0.3 is 0 Å². The van der Waals surface area contributed by atoms with E-state index in [0.29, 0.717) is 46.7 Å². The van der Waals surface area contributed by atoms with Crippen LogP contribution in [0.15, 0.2) is 77.8 Å². The van der Waals surface area contributed by atoms with Gasteiger partial charge in [0.05, 0.1) is 29.8 Å². The lowest BCUT2D eigenvalue weighted by atomic mass is 10.0. The number of aldehydes is 1. The average Bonchev–Trinajstić information content (AvgIpc) is 3.77. The molecule has 1 aliphatic rings. The summed E-state index contributed by atoms with van der Waals surface area (Å²) in [5.74, 6) is 2.11. The zero-order valence-corrected chi connectivity index (χ0v) is 26.6. The Hall–Kier alpha value is -4.66. The van der Waals surface area contributed by atoms with E-state index < -0.39 is 5.67 Å². The second-order valence-corrected chi connectivity index (χ2v) is 11.4. The van der Waals surface area contributed by atoms with Gasteiger partial charge in [-0.1, -0.05) is 30.9 Å². The molecule has 0 bridgehead atoms. The first kappa shape index (κ1) is 32.3. The minimum Gasteiger partial charge on any atom is -0.501 e. The fourth-order valence-electron chi connectivity index (χ4n) is 4.90. The number of carbonyl (C=O) groups excluding carboxylic acids is 1. The highest BCUT2D eigenvalue weighted by atomic mass is 19.1. The molecule has 0 radical (unpaired) electrons. The lowest BCUT2D eigenvalue weighted by molar-refractivity contribution is -0.104. The Balaban J connectivity index is 1.73. The highest BCUT2D eigenvalue weighted by Crippen LogP contribution is 2.37. The molecule has 9 heteroatoms. The van der Waals surface area contributed by atoms with Crippen LogP contribution in [0.3, 0.4) is 0 Å². The number of carbonyl (C=O) groups is 1. The molecule has 1 aliphatic carbocycles. The van der Waals surface area contributed by atoms with Crippen LogP contribution in [-0.4, -0.2) is 45.9 Å². The first-order chi connectivity index (χ1) is 21.0. The summed E-state index contributed by atoms with van der Waals surface area (Å²) in [6.07, 6.45) is 11.5. The van der Waals surface area contributed by atoms with E-state index in [0.717, 1.165) is 47.4 Å². The van der Waals surface area contributed by atoms with Crippen LogP contribution in [-0.2, 0) is 21.7 Å². The van der Waals surface area contributed by atoms with Gasteiger partial charge in [-0.2, -0.15) is 5.10 Å². The molecule has 0 saturated heterocycles. The number of allylic oxidation sites excluding steroid dienone is 5. The van der Waals surface area contributed by atoms with E-state index in [2.05, 4.69) is 16.7 Å². The number of hydrogen-bond donors (Lipinski definition) is 0.